The first kappa shape index (κ1) is 19.3. The molecular weight excluding hydrogens is 300 g/mol. The lowest BCUT2D eigenvalue weighted by Crippen LogP contribution is -2.36. The highest BCUT2D eigenvalue weighted by molar-refractivity contribution is 5.86. The topological polar surface area (TPSA) is 60.2 Å². The summed E-state index contributed by atoms with van der Waals surface area (Å²) >= 11 is 0. The fourth-order valence-electron chi connectivity index (χ4n) is 2.85. The number of carbonyl (C=O) groups is 2. The minimum Gasteiger partial charge on any atom is -0.369 e. The van der Waals surface area contributed by atoms with Crippen molar-refractivity contribution in [1.82, 2.24) is 0 Å². The lowest BCUT2D eigenvalue weighted by atomic mass is 9.74. The molecule has 2 atom stereocenters. The van der Waals surface area contributed by atoms with Crippen LogP contribution in [0.3, 0.4) is 0 Å². The molecule has 1 aromatic rings. The van der Waals surface area contributed by atoms with E-state index in [1.54, 1.807) is 0 Å². The van der Waals surface area contributed by atoms with Crippen LogP contribution in [0.15, 0.2) is 18.2 Å². The van der Waals surface area contributed by atoms with E-state index in [4.69, 9.17) is 5.73 Å². The SMILES string of the molecule is CC(=O)[C@H](CC(C)(C)C)[C@H](CCc1cc(F)cc(F)c1)C(N)=O. The summed E-state index contributed by atoms with van der Waals surface area (Å²) in [6, 6.07) is 3.26. The van der Waals surface area contributed by atoms with Gasteiger partial charge in [0.15, 0.2) is 0 Å². The Balaban J connectivity index is 2.92. The van der Waals surface area contributed by atoms with Gasteiger partial charge < -0.3 is 5.73 Å². The zero-order valence-corrected chi connectivity index (χ0v) is 14.2. The summed E-state index contributed by atoms with van der Waals surface area (Å²) in [5, 5.41) is 0. The predicted molar refractivity (Wildman–Crippen MR) is 85.6 cm³/mol. The molecular formula is C18H25F2NO2. The predicted octanol–water partition coefficient (Wildman–Crippen LogP) is 3.64. The zero-order valence-electron chi connectivity index (χ0n) is 14.2. The molecule has 0 radical (unpaired) electrons. The third kappa shape index (κ3) is 6.47. The van der Waals surface area contributed by atoms with E-state index in [1.165, 1.54) is 19.1 Å². The molecule has 0 aliphatic heterocycles. The number of hydrogen-bond donors (Lipinski definition) is 1. The van der Waals surface area contributed by atoms with E-state index in [1.807, 2.05) is 20.8 Å². The minimum atomic E-state index is -0.659. The molecule has 0 saturated carbocycles. The van der Waals surface area contributed by atoms with Gasteiger partial charge in [-0.05, 0) is 49.3 Å². The van der Waals surface area contributed by atoms with Gasteiger partial charge in [0.2, 0.25) is 5.91 Å². The van der Waals surface area contributed by atoms with Crippen LogP contribution < -0.4 is 5.73 Å². The van der Waals surface area contributed by atoms with Crippen molar-refractivity contribution in [3.05, 3.63) is 35.4 Å². The molecule has 1 aromatic carbocycles. The average Bonchev–Trinajstić information content (AvgIpc) is 2.34. The first-order valence-corrected chi connectivity index (χ1v) is 7.74. The van der Waals surface area contributed by atoms with E-state index >= 15 is 0 Å². The van der Waals surface area contributed by atoms with Crippen molar-refractivity contribution < 1.29 is 18.4 Å². The van der Waals surface area contributed by atoms with Crippen molar-refractivity contribution in [3.8, 4) is 0 Å². The highest BCUT2D eigenvalue weighted by atomic mass is 19.1. The van der Waals surface area contributed by atoms with Crippen LogP contribution in [0.2, 0.25) is 0 Å². The third-order valence-electron chi connectivity index (χ3n) is 3.87. The number of amides is 1. The molecule has 3 nitrogen and oxygen atoms in total. The summed E-state index contributed by atoms with van der Waals surface area (Å²) in [4.78, 5) is 23.8. The second-order valence-corrected chi connectivity index (χ2v) is 7.31. The second kappa shape index (κ2) is 7.66. The number of primary amides is 1. The Kier molecular flexibility index (Phi) is 6.42. The van der Waals surface area contributed by atoms with E-state index in [2.05, 4.69) is 0 Å². The molecule has 1 amide bonds. The van der Waals surface area contributed by atoms with Crippen molar-refractivity contribution >= 4 is 11.7 Å². The van der Waals surface area contributed by atoms with E-state index in [-0.39, 0.29) is 17.6 Å². The maximum Gasteiger partial charge on any atom is 0.221 e. The van der Waals surface area contributed by atoms with Gasteiger partial charge in [-0.25, -0.2) is 8.78 Å². The molecule has 0 aromatic heterocycles. The Morgan fingerprint density at radius 2 is 1.61 bits per heavy atom. The van der Waals surface area contributed by atoms with Crippen LogP contribution in [-0.4, -0.2) is 11.7 Å². The lowest BCUT2D eigenvalue weighted by Gasteiger charge is -2.29. The fraction of sp³-hybridized carbons (Fsp3) is 0.556. The lowest BCUT2D eigenvalue weighted by molar-refractivity contribution is -0.132. The van der Waals surface area contributed by atoms with Gasteiger partial charge in [0.1, 0.15) is 17.4 Å². The van der Waals surface area contributed by atoms with E-state index < -0.39 is 29.4 Å². The maximum atomic E-state index is 13.2. The highest BCUT2D eigenvalue weighted by Gasteiger charge is 2.33. The Bertz CT molecular complexity index is 559. The number of ketones is 1. The number of halogens is 2. The molecule has 0 aliphatic rings. The van der Waals surface area contributed by atoms with E-state index in [0.29, 0.717) is 18.4 Å². The number of rotatable bonds is 7. The van der Waals surface area contributed by atoms with E-state index in [0.717, 1.165) is 6.07 Å². The summed E-state index contributed by atoms with van der Waals surface area (Å²) in [5.74, 6) is -3.08. The quantitative estimate of drug-likeness (QED) is 0.832. The molecule has 2 N–H and O–H groups in total. The molecule has 0 saturated heterocycles. The van der Waals surface area contributed by atoms with Gasteiger partial charge in [0, 0.05) is 17.9 Å². The van der Waals surface area contributed by atoms with Crippen LogP contribution in [-0.2, 0) is 16.0 Å². The number of nitrogens with two attached hydrogens (primary N) is 1. The van der Waals surface area contributed by atoms with Crippen LogP contribution in [0.1, 0.15) is 46.1 Å². The summed E-state index contributed by atoms with van der Waals surface area (Å²) in [6.45, 7) is 7.42. The van der Waals surface area contributed by atoms with Crippen LogP contribution >= 0.6 is 0 Å². The maximum absolute atomic E-state index is 13.2. The van der Waals surface area contributed by atoms with Gasteiger partial charge in [0.25, 0.3) is 0 Å². The fourth-order valence-corrected chi connectivity index (χ4v) is 2.85. The van der Waals surface area contributed by atoms with Crippen molar-refractivity contribution in [3.63, 3.8) is 0 Å². The number of aryl methyl sites for hydroxylation is 1. The Morgan fingerprint density at radius 1 is 1.09 bits per heavy atom. The summed E-state index contributed by atoms with van der Waals surface area (Å²) < 4.78 is 26.5. The Hall–Kier alpha value is -1.78. The first-order chi connectivity index (χ1) is 10.5. The normalized spacial score (nSPS) is 14.3. The molecule has 0 bridgehead atoms. The summed E-state index contributed by atoms with van der Waals surface area (Å²) in [7, 11) is 0. The van der Waals surface area contributed by atoms with Crippen LogP contribution in [0.4, 0.5) is 8.78 Å². The Labute approximate surface area is 136 Å². The molecule has 128 valence electrons. The van der Waals surface area contributed by atoms with Gasteiger partial charge in [-0.1, -0.05) is 20.8 Å². The molecule has 0 aliphatic carbocycles. The molecule has 0 fully saturated rings. The molecule has 23 heavy (non-hydrogen) atoms. The molecule has 0 heterocycles. The highest BCUT2D eigenvalue weighted by Crippen LogP contribution is 2.32. The van der Waals surface area contributed by atoms with Crippen molar-refractivity contribution in [2.75, 3.05) is 0 Å². The molecule has 5 heteroatoms. The number of carbonyl (C=O) groups excluding carboxylic acids is 2. The van der Waals surface area contributed by atoms with Gasteiger partial charge in [-0.3, -0.25) is 9.59 Å². The first-order valence-electron chi connectivity index (χ1n) is 7.74. The van der Waals surface area contributed by atoms with Crippen LogP contribution in [0.5, 0.6) is 0 Å². The molecule has 0 spiro atoms. The largest absolute Gasteiger partial charge is 0.369 e. The van der Waals surface area contributed by atoms with Crippen molar-refractivity contribution in [2.24, 2.45) is 23.0 Å². The molecule has 1 rings (SSSR count). The third-order valence-corrected chi connectivity index (χ3v) is 3.87. The van der Waals surface area contributed by atoms with Gasteiger partial charge in [-0.15, -0.1) is 0 Å². The van der Waals surface area contributed by atoms with Crippen molar-refractivity contribution in [2.45, 2.75) is 47.0 Å². The van der Waals surface area contributed by atoms with Gasteiger partial charge in [-0.2, -0.15) is 0 Å². The monoisotopic (exact) mass is 325 g/mol. The zero-order chi connectivity index (χ0) is 17.8. The standard InChI is InChI=1S/C18H25F2NO2/c1-11(22)16(10-18(2,3)4)15(17(21)23)6-5-12-7-13(19)9-14(20)8-12/h7-9,15-16H,5-6,10H2,1-4H3,(H2,21,23)/t15-,16-/m0/s1. The molecule has 0 unspecified atom stereocenters. The Morgan fingerprint density at radius 3 is 2.00 bits per heavy atom. The number of Topliss-reactive ketones (excluding diaryl/α,β-unsaturated/α-hetero) is 1. The average molecular weight is 325 g/mol. The van der Waals surface area contributed by atoms with Gasteiger partial charge in [0.05, 0.1) is 0 Å². The number of benzene rings is 1. The summed E-state index contributed by atoms with van der Waals surface area (Å²) in [6.07, 6.45) is 1.11. The minimum absolute atomic E-state index is 0.0888. The smallest absolute Gasteiger partial charge is 0.221 e. The van der Waals surface area contributed by atoms with Crippen LogP contribution in [0, 0.1) is 28.9 Å². The second-order valence-electron chi connectivity index (χ2n) is 7.31. The van der Waals surface area contributed by atoms with Crippen molar-refractivity contribution in [1.29, 1.82) is 0 Å². The number of hydrogen-bond acceptors (Lipinski definition) is 2. The van der Waals surface area contributed by atoms with Crippen LogP contribution in [0.25, 0.3) is 0 Å². The van der Waals surface area contributed by atoms with E-state index in [9.17, 15) is 18.4 Å². The summed E-state index contributed by atoms with van der Waals surface area (Å²) in [5.41, 5.74) is 5.80. The van der Waals surface area contributed by atoms with Gasteiger partial charge >= 0.3 is 0 Å².